The average Bonchev–Trinajstić information content (AvgIpc) is 3.23. The van der Waals surface area contributed by atoms with Crippen LogP contribution < -0.4 is 0 Å². The number of allylic oxidation sites excluding steroid dienone is 4. The zero-order valence-corrected chi connectivity index (χ0v) is 30.2. The number of rotatable bonds is 11. The van der Waals surface area contributed by atoms with Gasteiger partial charge >= 0.3 is 0 Å². The molecule has 0 unspecified atom stereocenters. The molecule has 258 valence electrons. The zero-order valence-electron chi connectivity index (χ0n) is 30.2. The third-order valence-electron chi connectivity index (χ3n) is 9.49. The first-order valence-electron chi connectivity index (χ1n) is 17.8. The van der Waals surface area contributed by atoms with Gasteiger partial charge in [0.1, 0.15) is 0 Å². The highest BCUT2D eigenvalue weighted by molar-refractivity contribution is 5.77. The number of aromatic nitrogens is 6. The fourth-order valence-electron chi connectivity index (χ4n) is 6.13. The Hall–Kier alpha value is -6.66. The van der Waals surface area contributed by atoms with Crippen molar-refractivity contribution in [1.82, 2.24) is 29.9 Å². The van der Waals surface area contributed by atoms with E-state index in [2.05, 4.69) is 76.4 Å². The van der Waals surface area contributed by atoms with Gasteiger partial charge in [0, 0.05) is 33.4 Å². The molecule has 6 nitrogen and oxygen atoms in total. The van der Waals surface area contributed by atoms with Gasteiger partial charge in [-0.25, -0.2) is 29.9 Å². The Kier molecular flexibility index (Phi) is 10.0. The van der Waals surface area contributed by atoms with Crippen LogP contribution in [0.5, 0.6) is 0 Å². The molecule has 0 atom stereocenters. The molecular weight excluding hydrogens is 649 g/mol. The normalized spacial score (nSPS) is 11.6. The highest BCUT2D eigenvalue weighted by Gasteiger charge is 2.24. The first-order chi connectivity index (χ1) is 25.9. The fourth-order valence-corrected chi connectivity index (χ4v) is 6.13. The summed E-state index contributed by atoms with van der Waals surface area (Å²) < 4.78 is 0. The second-order valence-corrected chi connectivity index (χ2v) is 13.3. The van der Waals surface area contributed by atoms with Gasteiger partial charge in [-0.15, -0.1) is 0 Å². The molecule has 6 heteroatoms. The van der Waals surface area contributed by atoms with Crippen LogP contribution >= 0.6 is 0 Å². The van der Waals surface area contributed by atoms with Crippen molar-refractivity contribution in [2.75, 3.05) is 0 Å². The molecule has 0 N–H and O–H groups in total. The van der Waals surface area contributed by atoms with E-state index in [9.17, 15) is 0 Å². The van der Waals surface area contributed by atoms with E-state index in [0.29, 0.717) is 34.9 Å². The quantitative estimate of drug-likeness (QED) is 0.126. The molecule has 0 spiro atoms. The van der Waals surface area contributed by atoms with Crippen LogP contribution in [0, 0.1) is 0 Å². The minimum Gasteiger partial charge on any atom is -0.208 e. The van der Waals surface area contributed by atoms with E-state index in [-0.39, 0.29) is 5.41 Å². The lowest BCUT2D eigenvalue weighted by atomic mass is 9.77. The van der Waals surface area contributed by atoms with Crippen LogP contribution in [0.25, 0.3) is 73.6 Å². The summed E-state index contributed by atoms with van der Waals surface area (Å²) in [5.41, 5.74) is 8.72. The number of benzene rings is 5. The largest absolute Gasteiger partial charge is 0.208 e. The lowest BCUT2D eigenvalue weighted by Gasteiger charge is -2.27. The van der Waals surface area contributed by atoms with Crippen molar-refractivity contribution in [3.8, 4) is 68.1 Å². The summed E-state index contributed by atoms with van der Waals surface area (Å²) in [6.45, 7) is 14.6. The molecule has 0 saturated heterocycles. The molecule has 0 amide bonds. The van der Waals surface area contributed by atoms with Gasteiger partial charge in [0.25, 0.3) is 0 Å². The van der Waals surface area contributed by atoms with Crippen molar-refractivity contribution in [2.45, 2.75) is 32.6 Å². The van der Waals surface area contributed by atoms with Gasteiger partial charge in [-0.05, 0) is 34.6 Å². The molecule has 53 heavy (non-hydrogen) atoms. The van der Waals surface area contributed by atoms with Crippen LogP contribution in [0.2, 0.25) is 0 Å². The molecule has 0 fully saturated rings. The molecule has 0 saturated carbocycles. The molecule has 0 aliphatic rings. The zero-order chi connectivity index (χ0) is 36.8. The van der Waals surface area contributed by atoms with Crippen molar-refractivity contribution >= 4 is 5.57 Å². The first-order valence-corrected chi connectivity index (χ1v) is 17.8. The van der Waals surface area contributed by atoms with E-state index in [0.717, 1.165) is 50.9 Å². The Morgan fingerprint density at radius 1 is 0.509 bits per heavy atom. The SMILES string of the molecule is C=C/C=C(\C=C)c1nc(-c2ccccc2)nc(-c2ccc(-c3ccc(-c4nc(-c5ccccc5)nc(-c5ccccc5)n4)cc3C(C)(C)CC)cc2)n1. The second kappa shape index (κ2) is 15.3. The molecule has 2 aromatic heterocycles. The van der Waals surface area contributed by atoms with Crippen LogP contribution in [0.4, 0.5) is 0 Å². The highest BCUT2D eigenvalue weighted by atomic mass is 15.0. The van der Waals surface area contributed by atoms with Gasteiger partial charge in [0.15, 0.2) is 34.9 Å². The first kappa shape index (κ1) is 34.8. The summed E-state index contributed by atoms with van der Waals surface area (Å²) in [7, 11) is 0. The van der Waals surface area contributed by atoms with E-state index in [1.807, 2.05) is 97.1 Å². The Bertz CT molecular complexity index is 2360. The molecule has 0 bridgehead atoms. The van der Waals surface area contributed by atoms with Crippen molar-refractivity contribution in [3.63, 3.8) is 0 Å². The molecule has 7 aromatic rings. The molecule has 2 heterocycles. The van der Waals surface area contributed by atoms with Gasteiger partial charge < -0.3 is 0 Å². The maximum Gasteiger partial charge on any atom is 0.164 e. The molecule has 0 radical (unpaired) electrons. The second-order valence-electron chi connectivity index (χ2n) is 13.3. The summed E-state index contributed by atoms with van der Waals surface area (Å²) in [6.07, 6.45) is 6.25. The van der Waals surface area contributed by atoms with Crippen LogP contribution in [-0.4, -0.2) is 29.9 Å². The van der Waals surface area contributed by atoms with E-state index >= 15 is 0 Å². The van der Waals surface area contributed by atoms with E-state index in [1.165, 1.54) is 5.56 Å². The van der Waals surface area contributed by atoms with Crippen LogP contribution in [0.3, 0.4) is 0 Å². The van der Waals surface area contributed by atoms with Crippen LogP contribution in [0.1, 0.15) is 38.6 Å². The standard InChI is InChI=1S/C47H40N6/c1-6-18-32(7-2)41-48-42(34-19-12-9-13-20-34)51-45(49-41)37-27-25-33(26-28-37)39-30-29-38(31-40(39)47(4,5)8-3)46-52-43(35-21-14-10-15-22-35)50-44(53-46)36-23-16-11-17-24-36/h6-7,9-31H,1-2,8H2,3-5H3/b32-18+. The van der Waals surface area contributed by atoms with Gasteiger partial charge in [0.2, 0.25) is 0 Å². The smallest absolute Gasteiger partial charge is 0.164 e. The average molecular weight is 689 g/mol. The Morgan fingerprint density at radius 3 is 1.34 bits per heavy atom. The van der Waals surface area contributed by atoms with Crippen molar-refractivity contribution in [2.24, 2.45) is 0 Å². The minimum absolute atomic E-state index is 0.131. The maximum atomic E-state index is 5.01. The molecular formula is C47H40N6. The van der Waals surface area contributed by atoms with E-state index in [4.69, 9.17) is 29.9 Å². The number of nitrogens with zero attached hydrogens (tertiary/aromatic N) is 6. The van der Waals surface area contributed by atoms with Crippen molar-refractivity contribution in [3.05, 3.63) is 176 Å². The van der Waals surface area contributed by atoms with Gasteiger partial charge in [-0.2, -0.15) is 0 Å². The van der Waals surface area contributed by atoms with Gasteiger partial charge in [0.05, 0.1) is 0 Å². The van der Waals surface area contributed by atoms with Crippen molar-refractivity contribution < 1.29 is 0 Å². The summed E-state index contributed by atoms with van der Waals surface area (Å²) in [5.74, 6) is 3.64. The van der Waals surface area contributed by atoms with Crippen LogP contribution in [0.15, 0.2) is 165 Å². The Labute approximate surface area is 311 Å². The number of hydrogen-bond acceptors (Lipinski definition) is 6. The molecule has 0 aliphatic heterocycles. The summed E-state index contributed by atoms with van der Waals surface area (Å²) in [5, 5.41) is 0. The van der Waals surface area contributed by atoms with E-state index in [1.54, 1.807) is 12.2 Å². The number of hydrogen-bond donors (Lipinski definition) is 0. The summed E-state index contributed by atoms with van der Waals surface area (Å²) in [4.78, 5) is 29.4. The predicted molar refractivity (Wildman–Crippen MR) is 218 cm³/mol. The molecule has 5 aromatic carbocycles. The fraction of sp³-hybridized carbons (Fsp3) is 0.106. The third kappa shape index (κ3) is 7.53. The van der Waals surface area contributed by atoms with E-state index < -0.39 is 0 Å². The van der Waals surface area contributed by atoms with Gasteiger partial charge in [-0.3, -0.25) is 0 Å². The van der Waals surface area contributed by atoms with Crippen LogP contribution in [-0.2, 0) is 5.41 Å². The Morgan fingerprint density at radius 2 is 0.906 bits per heavy atom. The third-order valence-corrected chi connectivity index (χ3v) is 9.49. The Balaban J connectivity index is 1.31. The molecule has 0 aliphatic carbocycles. The van der Waals surface area contributed by atoms with Gasteiger partial charge in [-0.1, -0.05) is 180 Å². The minimum atomic E-state index is -0.131. The summed E-state index contributed by atoms with van der Waals surface area (Å²) >= 11 is 0. The summed E-state index contributed by atoms with van der Waals surface area (Å²) in [6, 6.07) is 45.1. The highest BCUT2D eigenvalue weighted by Crippen LogP contribution is 2.39. The maximum absolute atomic E-state index is 5.01. The molecule has 7 rings (SSSR count). The lowest BCUT2D eigenvalue weighted by molar-refractivity contribution is 0.508. The monoisotopic (exact) mass is 688 g/mol. The van der Waals surface area contributed by atoms with Crippen molar-refractivity contribution in [1.29, 1.82) is 0 Å². The lowest BCUT2D eigenvalue weighted by Crippen LogP contribution is -2.17. The topological polar surface area (TPSA) is 77.3 Å². The predicted octanol–water partition coefficient (Wildman–Crippen LogP) is 11.5.